The SMILES string of the molecule is CC(C)(C)OC(=O)N1C[C@H]2CCCC[C@H]2C[C@@H]1C(=O)O. The second kappa shape index (κ2) is 5.62. The second-order valence-electron chi connectivity index (χ2n) is 7.03. The molecule has 5 heteroatoms. The normalized spacial score (nSPS) is 30.6. The van der Waals surface area contributed by atoms with Crippen molar-refractivity contribution >= 4 is 12.1 Å². The van der Waals surface area contributed by atoms with Crippen LogP contribution in [0.1, 0.15) is 52.9 Å². The highest BCUT2D eigenvalue weighted by Crippen LogP contribution is 2.39. The fraction of sp³-hybridized carbons (Fsp3) is 0.867. The Hall–Kier alpha value is -1.26. The van der Waals surface area contributed by atoms with Gasteiger partial charge in [-0.1, -0.05) is 19.3 Å². The summed E-state index contributed by atoms with van der Waals surface area (Å²) in [5.74, 6) is -0.0321. The Morgan fingerprint density at radius 3 is 2.30 bits per heavy atom. The van der Waals surface area contributed by atoms with E-state index in [1.807, 2.05) is 0 Å². The van der Waals surface area contributed by atoms with Gasteiger partial charge in [0.15, 0.2) is 0 Å². The molecule has 0 bridgehead atoms. The van der Waals surface area contributed by atoms with Gasteiger partial charge in [0.25, 0.3) is 0 Å². The molecule has 1 saturated heterocycles. The number of likely N-dealkylation sites (tertiary alicyclic amines) is 1. The van der Waals surface area contributed by atoms with Crippen molar-refractivity contribution < 1.29 is 19.4 Å². The first kappa shape index (κ1) is 15.1. The molecular weight excluding hydrogens is 258 g/mol. The molecule has 114 valence electrons. The minimum Gasteiger partial charge on any atom is -0.480 e. The van der Waals surface area contributed by atoms with Gasteiger partial charge in [0.2, 0.25) is 0 Å². The molecule has 0 aromatic carbocycles. The van der Waals surface area contributed by atoms with Gasteiger partial charge < -0.3 is 9.84 Å². The maximum Gasteiger partial charge on any atom is 0.411 e. The molecule has 1 heterocycles. The highest BCUT2D eigenvalue weighted by molar-refractivity contribution is 5.80. The fourth-order valence-electron chi connectivity index (χ4n) is 3.39. The number of nitrogens with zero attached hydrogens (tertiary/aromatic N) is 1. The summed E-state index contributed by atoms with van der Waals surface area (Å²) in [4.78, 5) is 25.1. The van der Waals surface area contributed by atoms with E-state index in [-0.39, 0.29) is 0 Å². The summed E-state index contributed by atoms with van der Waals surface area (Å²) >= 11 is 0. The van der Waals surface area contributed by atoms with Gasteiger partial charge in [-0.05, 0) is 45.4 Å². The number of amides is 1. The molecular formula is C15H25NO4. The van der Waals surface area contributed by atoms with Crippen molar-refractivity contribution in [3.05, 3.63) is 0 Å². The number of fused-ring (bicyclic) bond motifs is 1. The van der Waals surface area contributed by atoms with E-state index in [0.29, 0.717) is 24.8 Å². The smallest absolute Gasteiger partial charge is 0.411 e. The van der Waals surface area contributed by atoms with Crippen LogP contribution in [0, 0.1) is 11.8 Å². The number of hydrogen-bond acceptors (Lipinski definition) is 3. The summed E-state index contributed by atoms with van der Waals surface area (Å²) in [6.45, 7) is 5.92. The number of ether oxygens (including phenoxy) is 1. The van der Waals surface area contributed by atoms with Crippen LogP contribution in [-0.4, -0.2) is 40.3 Å². The van der Waals surface area contributed by atoms with Crippen LogP contribution in [0.15, 0.2) is 0 Å². The molecule has 1 aliphatic heterocycles. The van der Waals surface area contributed by atoms with Gasteiger partial charge in [-0.3, -0.25) is 4.90 Å². The van der Waals surface area contributed by atoms with E-state index in [1.54, 1.807) is 20.8 Å². The Morgan fingerprint density at radius 2 is 1.75 bits per heavy atom. The zero-order valence-corrected chi connectivity index (χ0v) is 12.6. The molecule has 20 heavy (non-hydrogen) atoms. The molecule has 0 spiro atoms. The van der Waals surface area contributed by atoms with E-state index in [0.717, 1.165) is 12.8 Å². The van der Waals surface area contributed by atoms with Crippen LogP contribution in [0.2, 0.25) is 0 Å². The number of rotatable bonds is 1. The monoisotopic (exact) mass is 283 g/mol. The maximum atomic E-state index is 12.2. The lowest BCUT2D eigenvalue weighted by atomic mass is 9.73. The fourth-order valence-corrected chi connectivity index (χ4v) is 3.39. The quantitative estimate of drug-likeness (QED) is 0.803. The number of carbonyl (C=O) groups is 2. The zero-order chi connectivity index (χ0) is 14.9. The van der Waals surface area contributed by atoms with E-state index >= 15 is 0 Å². The third-order valence-corrected chi connectivity index (χ3v) is 4.31. The topological polar surface area (TPSA) is 66.8 Å². The van der Waals surface area contributed by atoms with Gasteiger partial charge in [0.05, 0.1) is 0 Å². The summed E-state index contributed by atoms with van der Waals surface area (Å²) in [6, 6.07) is -0.732. The molecule has 2 fully saturated rings. The summed E-state index contributed by atoms with van der Waals surface area (Å²) < 4.78 is 5.36. The zero-order valence-electron chi connectivity index (χ0n) is 12.6. The van der Waals surface area contributed by atoms with Gasteiger partial charge in [-0.2, -0.15) is 0 Å². The van der Waals surface area contributed by atoms with Crippen molar-refractivity contribution in [3.8, 4) is 0 Å². The highest BCUT2D eigenvalue weighted by Gasteiger charge is 2.43. The lowest BCUT2D eigenvalue weighted by molar-refractivity contribution is -0.146. The van der Waals surface area contributed by atoms with Gasteiger partial charge in [-0.25, -0.2) is 9.59 Å². The number of carboxylic acids is 1. The Bertz CT molecular complexity index is 388. The third-order valence-electron chi connectivity index (χ3n) is 4.31. The molecule has 2 rings (SSSR count). The van der Waals surface area contributed by atoms with Gasteiger partial charge in [-0.15, -0.1) is 0 Å². The summed E-state index contributed by atoms with van der Waals surface area (Å²) in [6.07, 6.45) is 4.63. The lowest BCUT2D eigenvalue weighted by Crippen LogP contribution is -2.55. The van der Waals surface area contributed by atoms with Crippen LogP contribution in [0.3, 0.4) is 0 Å². The average Bonchev–Trinajstić information content (AvgIpc) is 2.35. The van der Waals surface area contributed by atoms with Crippen LogP contribution in [-0.2, 0) is 9.53 Å². The van der Waals surface area contributed by atoms with Crippen LogP contribution in [0.5, 0.6) is 0 Å². The molecule has 5 nitrogen and oxygen atoms in total. The molecule has 1 N–H and O–H groups in total. The van der Waals surface area contributed by atoms with Gasteiger partial charge in [0.1, 0.15) is 11.6 Å². The molecule has 0 aromatic heterocycles. The van der Waals surface area contributed by atoms with Crippen LogP contribution >= 0.6 is 0 Å². The number of carboxylic acid groups (broad SMARTS) is 1. The number of piperidine rings is 1. The Balaban J connectivity index is 2.11. The molecule has 0 radical (unpaired) electrons. The molecule has 3 atom stereocenters. The van der Waals surface area contributed by atoms with E-state index in [4.69, 9.17) is 4.74 Å². The summed E-state index contributed by atoms with van der Waals surface area (Å²) in [7, 11) is 0. The van der Waals surface area contributed by atoms with E-state index in [1.165, 1.54) is 17.7 Å². The minimum absolute atomic E-state index is 0.437. The number of aliphatic carboxylic acids is 1. The van der Waals surface area contributed by atoms with E-state index in [2.05, 4.69) is 0 Å². The first-order valence-corrected chi connectivity index (χ1v) is 7.50. The van der Waals surface area contributed by atoms with Crippen molar-refractivity contribution in [3.63, 3.8) is 0 Å². The van der Waals surface area contributed by atoms with Crippen molar-refractivity contribution in [2.45, 2.75) is 64.5 Å². The van der Waals surface area contributed by atoms with Crippen molar-refractivity contribution in [2.24, 2.45) is 11.8 Å². The first-order valence-electron chi connectivity index (χ1n) is 7.50. The third kappa shape index (κ3) is 3.44. The summed E-state index contributed by atoms with van der Waals surface area (Å²) in [5, 5.41) is 9.40. The number of carbonyl (C=O) groups excluding carboxylic acids is 1. The molecule has 0 aromatic rings. The second-order valence-corrected chi connectivity index (χ2v) is 7.03. The Kier molecular flexibility index (Phi) is 4.25. The number of hydrogen-bond donors (Lipinski definition) is 1. The molecule has 1 saturated carbocycles. The predicted octanol–water partition coefficient (Wildman–Crippen LogP) is 2.89. The Labute approximate surface area is 120 Å². The molecule has 0 unspecified atom stereocenters. The molecule has 2 aliphatic rings. The van der Waals surface area contributed by atoms with Crippen LogP contribution < -0.4 is 0 Å². The van der Waals surface area contributed by atoms with Crippen molar-refractivity contribution in [2.75, 3.05) is 6.54 Å². The lowest BCUT2D eigenvalue weighted by Gasteiger charge is -2.44. The maximum absolute atomic E-state index is 12.2. The first-order chi connectivity index (χ1) is 9.28. The van der Waals surface area contributed by atoms with E-state index in [9.17, 15) is 14.7 Å². The predicted molar refractivity (Wildman–Crippen MR) is 74.4 cm³/mol. The average molecular weight is 283 g/mol. The van der Waals surface area contributed by atoms with Crippen LogP contribution in [0.4, 0.5) is 4.79 Å². The minimum atomic E-state index is -0.917. The van der Waals surface area contributed by atoms with Crippen LogP contribution in [0.25, 0.3) is 0 Å². The van der Waals surface area contributed by atoms with Gasteiger partial charge >= 0.3 is 12.1 Å². The van der Waals surface area contributed by atoms with Crippen molar-refractivity contribution in [1.29, 1.82) is 0 Å². The largest absolute Gasteiger partial charge is 0.480 e. The Morgan fingerprint density at radius 1 is 1.15 bits per heavy atom. The van der Waals surface area contributed by atoms with Crippen molar-refractivity contribution in [1.82, 2.24) is 4.90 Å². The van der Waals surface area contributed by atoms with Gasteiger partial charge in [0, 0.05) is 6.54 Å². The highest BCUT2D eigenvalue weighted by atomic mass is 16.6. The summed E-state index contributed by atoms with van der Waals surface area (Å²) in [5.41, 5.74) is -0.594. The van der Waals surface area contributed by atoms with E-state index < -0.39 is 23.7 Å². The molecule has 1 aliphatic carbocycles. The standard InChI is InChI=1S/C15H25NO4/c1-15(2,3)20-14(19)16-9-11-7-5-4-6-10(11)8-12(16)13(17)18/h10-12H,4-9H2,1-3H3,(H,17,18)/t10-,11+,12+/m0/s1. The molecule has 1 amide bonds.